The van der Waals surface area contributed by atoms with Gasteiger partial charge in [-0.1, -0.05) is 32.0 Å². The molecule has 1 saturated heterocycles. The zero-order valence-electron chi connectivity index (χ0n) is 17.3. The van der Waals surface area contributed by atoms with Gasteiger partial charge in [-0.05, 0) is 35.7 Å². The van der Waals surface area contributed by atoms with Gasteiger partial charge in [0.05, 0.1) is 25.3 Å². The molecule has 1 aliphatic heterocycles. The van der Waals surface area contributed by atoms with Crippen molar-refractivity contribution < 1.29 is 14.3 Å². The van der Waals surface area contributed by atoms with Crippen molar-refractivity contribution in [2.75, 3.05) is 20.2 Å². The van der Waals surface area contributed by atoms with Crippen LogP contribution in [0.5, 0.6) is 5.75 Å². The van der Waals surface area contributed by atoms with Gasteiger partial charge in [0, 0.05) is 31.6 Å². The summed E-state index contributed by atoms with van der Waals surface area (Å²) in [7, 11) is 1.63. The van der Waals surface area contributed by atoms with Crippen LogP contribution in [0, 0.1) is 11.8 Å². The average Bonchev–Trinajstić information content (AvgIpc) is 3.18. The zero-order chi connectivity index (χ0) is 20.8. The smallest absolute Gasteiger partial charge is 0.225 e. The van der Waals surface area contributed by atoms with Crippen LogP contribution in [-0.2, 0) is 16.1 Å². The molecular formula is C23H29N3O3. The van der Waals surface area contributed by atoms with Crippen LogP contribution < -0.4 is 10.1 Å². The molecular weight excluding hydrogens is 366 g/mol. The largest absolute Gasteiger partial charge is 0.497 e. The summed E-state index contributed by atoms with van der Waals surface area (Å²) in [5, 5.41) is 3.00. The number of hydrogen-bond donors (Lipinski definition) is 1. The lowest BCUT2D eigenvalue weighted by Crippen LogP contribution is -2.35. The molecule has 2 aromatic rings. The molecule has 1 fully saturated rings. The molecule has 1 aromatic carbocycles. The highest BCUT2D eigenvalue weighted by molar-refractivity contribution is 5.83. The van der Waals surface area contributed by atoms with Crippen molar-refractivity contribution >= 4 is 11.8 Å². The first-order valence-corrected chi connectivity index (χ1v) is 10.1. The Labute approximate surface area is 172 Å². The van der Waals surface area contributed by atoms with E-state index in [2.05, 4.69) is 10.3 Å². The second-order valence-corrected chi connectivity index (χ2v) is 7.93. The number of hydrogen-bond acceptors (Lipinski definition) is 4. The summed E-state index contributed by atoms with van der Waals surface area (Å²) in [5.41, 5.74) is 1.83. The van der Waals surface area contributed by atoms with Crippen molar-refractivity contribution in [3.05, 3.63) is 59.9 Å². The third kappa shape index (κ3) is 5.34. The van der Waals surface area contributed by atoms with Gasteiger partial charge in [0.1, 0.15) is 5.75 Å². The molecule has 1 aromatic heterocycles. The molecule has 2 atom stereocenters. The lowest BCUT2D eigenvalue weighted by atomic mass is 9.88. The van der Waals surface area contributed by atoms with Crippen LogP contribution in [0.15, 0.2) is 48.7 Å². The molecule has 1 aliphatic rings. The van der Waals surface area contributed by atoms with E-state index in [1.165, 1.54) is 0 Å². The molecule has 2 heterocycles. The van der Waals surface area contributed by atoms with Crippen LogP contribution in [0.2, 0.25) is 0 Å². The summed E-state index contributed by atoms with van der Waals surface area (Å²) in [6.07, 6.45) is 2.20. The van der Waals surface area contributed by atoms with E-state index in [1.54, 1.807) is 13.3 Å². The van der Waals surface area contributed by atoms with E-state index in [4.69, 9.17) is 4.74 Å². The Morgan fingerprint density at radius 2 is 2.03 bits per heavy atom. The number of pyridine rings is 1. The van der Waals surface area contributed by atoms with Gasteiger partial charge in [0.25, 0.3) is 0 Å². The Bertz CT molecular complexity index is 838. The third-order valence-electron chi connectivity index (χ3n) is 5.28. The fraction of sp³-hybridized carbons (Fsp3) is 0.435. The van der Waals surface area contributed by atoms with Crippen molar-refractivity contribution in [2.24, 2.45) is 11.8 Å². The maximum atomic E-state index is 13.0. The monoisotopic (exact) mass is 395 g/mol. The highest BCUT2D eigenvalue weighted by Gasteiger charge is 2.40. The van der Waals surface area contributed by atoms with Crippen LogP contribution in [-0.4, -0.2) is 41.9 Å². The minimum absolute atomic E-state index is 0.0525. The van der Waals surface area contributed by atoms with E-state index in [9.17, 15) is 9.59 Å². The molecule has 6 heteroatoms. The minimum Gasteiger partial charge on any atom is -0.497 e. The minimum atomic E-state index is -0.304. The fourth-order valence-corrected chi connectivity index (χ4v) is 3.77. The van der Waals surface area contributed by atoms with Crippen molar-refractivity contribution in [1.29, 1.82) is 0 Å². The van der Waals surface area contributed by atoms with Crippen LogP contribution in [0.3, 0.4) is 0 Å². The molecule has 0 bridgehead atoms. The molecule has 0 unspecified atom stereocenters. The molecule has 29 heavy (non-hydrogen) atoms. The van der Waals surface area contributed by atoms with Gasteiger partial charge in [-0.25, -0.2) is 0 Å². The number of carbonyl (C=O) groups excluding carboxylic acids is 2. The molecule has 2 amide bonds. The normalized spacial score (nSPS) is 18.7. The maximum Gasteiger partial charge on any atom is 0.225 e. The molecule has 6 nitrogen and oxygen atoms in total. The van der Waals surface area contributed by atoms with Gasteiger partial charge < -0.3 is 15.0 Å². The second kappa shape index (κ2) is 9.54. The lowest BCUT2D eigenvalue weighted by molar-refractivity contribution is -0.131. The average molecular weight is 396 g/mol. The Morgan fingerprint density at radius 3 is 2.72 bits per heavy atom. The van der Waals surface area contributed by atoms with Gasteiger partial charge in [-0.15, -0.1) is 0 Å². The highest BCUT2D eigenvalue weighted by Crippen LogP contribution is 2.35. The number of nitrogens with one attached hydrogen (secondary N) is 1. The number of benzene rings is 1. The Balaban J connectivity index is 1.77. The zero-order valence-corrected chi connectivity index (χ0v) is 17.3. The summed E-state index contributed by atoms with van der Waals surface area (Å²) in [4.78, 5) is 31.8. The summed E-state index contributed by atoms with van der Waals surface area (Å²) >= 11 is 0. The van der Waals surface area contributed by atoms with Gasteiger partial charge in [-0.3, -0.25) is 14.6 Å². The van der Waals surface area contributed by atoms with E-state index in [1.807, 2.05) is 61.2 Å². The highest BCUT2D eigenvalue weighted by atomic mass is 16.5. The molecule has 1 N–H and O–H groups in total. The van der Waals surface area contributed by atoms with Crippen molar-refractivity contribution in [2.45, 2.75) is 32.7 Å². The predicted molar refractivity (Wildman–Crippen MR) is 111 cm³/mol. The fourth-order valence-electron chi connectivity index (χ4n) is 3.77. The van der Waals surface area contributed by atoms with Gasteiger partial charge in [-0.2, -0.15) is 0 Å². The first-order valence-electron chi connectivity index (χ1n) is 10.1. The number of nitrogens with zero attached hydrogens (tertiary/aromatic N) is 2. The van der Waals surface area contributed by atoms with E-state index in [0.29, 0.717) is 26.1 Å². The first kappa shape index (κ1) is 20.8. The van der Waals surface area contributed by atoms with E-state index < -0.39 is 0 Å². The van der Waals surface area contributed by atoms with Crippen LogP contribution in [0.25, 0.3) is 0 Å². The molecule has 0 aliphatic carbocycles. The number of aromatic nitrogens is 1. The van der Waals surface area contributed by atoms with E-state index in [-0.39, 0.29) is 29.6 Å². The first-order chi connectivity index (χ1) is 14.0. The number of amides is 2. The molecule has 154 valence electrons. The quantitative estimate of drug-likeness (QED) is 0.782. The van der Waals surface area contributed by atoms with Gasteiger partial charge in [0.2, 0.25) is 11.8 Å². The van der Waals surface area contributed by atoms with Crippen LogP contribution >= 0.6 is 0 Å². The Kier molecular flexibility index (Phi) is 6.86. The standard InChI is InChI=1S/C23H29N3O3/c1-16(2)11-22(27)26-14-20(17-7-6-9-19(12-17)29-3)21(15-26)23(28)25-13-18-8-4-5-10-24-18/h4-10,12,16,20-21H,11,13-15H2,1-3H3,(H,25,28)/t20-,21+/m0/s1. The second-order valence-electron chi connectivity index (χ2n) is 7.93. The molecule has 0 spiro atoms. The van der Waals surface area contributed by atoms with Crippen LogP contribution in [0.1, 0.15) is 37.4 Å². The molecule has 0 saturated carbocycles. The number of carbonyl (C=O) groups is 2. The molecule has 0 radical (unpaired) electrons. The summed E-state index contributed by atoms with van der Waals surface area (Å²) in [5.74, 6) is 0.722. The van der Waals surface area contributed by atoms with E-state index in [0.717, 1.165) is 17.0 Å². The van der Waals surface area contributed by atoms with Crippen LogP contribution in [0.4, 0.5) is 0 Å². The Morgan fingerprint density at radius 1 is 1.21 bits per heavy atom. The van der Waals surface area contributed by atoms with E-state index >= 15 is 0 Å². The number of rotatable bonds is 7. The van der Waals surface area contributed by atoms with Gasteiger partial charge in [0.15, 0.2) is 0 Å². The third-order valence-corrected chi connectivity index (χ3v) is 5.28. The summed E-state index contributed by atoms with van der Waals surface area (Å²) in [6.45, 7) is 5.41. The van der Waals surface area contributed by atoms with Gasteiger partial charge >= 0.3 is 0 Å². The number of methoxy groups -OCH3 is 1. The van der Waals surface area contributed by atoms with Crippen molar-refractivity contribution in [3.8, 4) is 5.75 Å². The van der Waals surface area contributed by atoms with Crippen molar-refractivity contribution in [3.63, 3.8) is 0 Å². The van der Waals surface area contributed by atoms with Crippen molar-refractivity contribution in [1.82, 2.24) is 15.2 Å². The predicted octanol–water partition coefficient (Wildman–Crippen LogP) is 2.99. The topological polar surface area (TPSA) is 71.5 Å². The Hall–Kier alpha value is -2.89. The lowest BCUT2D eigenvalue weighted by Gasteiger charge is -2.18. The maximum absolute atomic E-state index is 13.0. The number of ether oxygens (including phenoxy) is 1. The SMILES string of the molecule is COc1cccc([C@@H]2CN(C(=O)CC(C)C)C[C@H]2C(=O)NCc2ccccn2)c1. The molecule has 3 rings (SSSR count). The summed E-state index contributed by atoms with van der Waals surface area (Å²) < 4.78 is 5.35. The number of likely N-dealkylation sites (tertiary alicyclic amines) is 1. The summed E-state index contributed by atoms with van der Waals surface area (Å²) in [6, 6.07) is 13.4.